The van der Waals surface area contributed by atoms with Crippen molar-refractivity contribution in [2.75, 3.05) is 26.2 Å². The molecule has 1 saturated heterocycles. The fourth-order valence-corrected chi connectivity index (χ4v) is 5.13. The van der Waals surface area contributed by atoms with Crippen molar-refractivity contribution in [3.05, 3.63) is 58.6 Å². The van der Waals surface area contributed by atoms with Crippen LogP contribution in [0.4, 0.5) is 0 Å². The Kier molecular flexibility index (Phi) is 7.75. The molecule has 30 heavy (non-hydrogen) atoms. The van der Waals surface area contributed by atoms with E-state index < -0.39 is 15.9 Å². The van der Waals surface area contributed by atoms with E-state index in [4.69, 9.17) is 16.3 Å². The second kappa shape index (κ2) is 10.3. The SMILES string of the molecule is CCCc1ccc(OCCNC(=O)c2cc(S(=O)(=O)N3CCCC3)ccc2Cl)cc1. The molecule has 6 nitrogen and oxygen atoms in total. The molecule has 0 spiro atoms. The molecule has 0 radical (unpaired) electrons. The van der Waals surface area contributed by atoms with Gasteiger partial charge in [0, 0.05) is 13.1 Å². The van der Waals surface area contributed by atoms with Gasteiger partial charge >= 0.3 is 0 Å². The summed E-state index contributed by atoms with van der Waals surface area (Å²) in [7, 11) is -3.61. The minimum atomic E-state index is -3.61. The molecule has 162 valence electrons. The van der Waals surface area contributed by atoms with E-state index in [9.17, 15) is 13.2 Å². The maximum Gasteiger partial charge on any atom is 0.252 e. The van der Waals surface area contributed by atoms with E-state index in [1.54, 1.807) is 0 Å². The molecule has 3 rings (SSSR count). The first-order chi connectivity index (χ1) is 14.4. The number of nitrogens with one attached hydrogen (secondary N) is 1. The first-order valence-corrected chi connectivity index (χ1v) is 12.0. The molecule has 0 aromatic heterocycles. The minimum absolute atomic E-state index is 0.0855. The minimum Gasteiger partial charge on any atom is -0.492 e. The monoisotopic (exact) mass is 450 g/mol. The highest BCUT2D eigenvalue weighted by atomic mass is 35.5. The third kappa shape index (κ3) is 5.53. The zero-order valence-corrected chi connectivity index (χ0v) is 18.6. The number of carbonyl (C=O) groups is 1. The Morgan fingerprint density at radius 3 is 2.50 bits per heavy atom. The number of nitrogens with zero attached hydrogens (tertiary/aromatic N) is 1. The van der Waals surface area contributed by atoms with Crippen molar-refractivity contribution < 1.29 is 17.9 Å². The molecule has 0 unspecified atom stereocenters. The largest absolute Gasteiger partial charge is 0.492 e. The van der Waals surface area contributed by atoms with Crippen LogP contribution in [0.3, 0.4) is 0 Å². The molecular formula is C22H27ClN2O4S. The average Bonchev–Trinajstić information content (AvgIpc) is 3.28. The highest BCUT2D eigenvalue weighted by Gasteiger charge is 2.28. The Morgan fingerprint density at radius 2 is 1.83 bits per heavy atom. The smallest absolute Gasteiger partial charge is 0.252 e. The lowest BCUT2D eigenvalue weighted by molar-refractivity contribution is 0.0947. The third-order valence-electron chi connectivity index (χ3n) is 5.00. The van der Waals surface area contributed by atoms with Gasteiger partial charge in [-0.25, -0.2) is 8.42 Å². The van der Waals surface area contributed by atoms with Gasteiger partial charge in [0.2, 0.25) is 10.0 Å². The van der Waals surface area contributed by atoms with Crippen LogP contribution < -0.4 is 10.1 Å². The molecular weight excluding hydrogens is 424 g/mol. The second-order valence-corrected chi connectivity index (χ2v) is 9.60. The lowest BCUT2D eigenvalue weighted by atomic mass is 10.1. The summed E-state index contributed by atoms with van der Waals surface area (Å²) >= 11 is 6.15. The number of benzene rings is 2. The van der Waals surface area contributed by atoms with Crippen LogP contribution in [-0.2, 0) is 16.4 Å². The number of hydrogen-bond donors (Lipinski definition) is 1. The molecule has 1 aliphatic heterocycles. The Balaban J connectivity index is 1.57. The predicted octanol–water partition coefficient (Wildman–Crippen LogP) is 3.89. The molecule has 1 N–H and O–H groups in total. The van der Waals surface area contributed by atoms with Crippen LogP contribution in [0.25, 0.3) is 0 Å². The number of aryl methyl sites for hydroxylation is 1. The van der Waals surface area contributed by atoms with Gasteiger partial charge < -0.3 is 10.1 Å². The Hall–Kier alpha value is -2.09. The lowest BCUT2D eigenvalue weighted by Crippen LogP contribution is -2.30. The summed E-state index contributed by atoms with van der Waals surface area (Å²) in [5.41, 5.74) is 1.40. The summed E-state index contributed by atoms with van der Waals surface area (Å²) in [4.78, 5) is 12.6. The molecule has 0 atom stereocenters. The van der Waals surface area contributed by atoms with Gasteiger partial charge in [0.25, 0.3) is 5.91 Å². The number of rotatable bonds is 9. The summed E-state index contributed by atoms with van der Waals surface area (Å²) < 4.78 is 32.6. The second-order valence-electron chi connectivity index (χ2n) is 7.25. The van der Waals surface area contributed by atoms with Crippen molar-refractivity contribution in [3.8, 4) is 5.75 Å². The number of hydrogen-bond acceptors (Lipinski definition) is 4. The number of amides is 1. The summed E-state index contributed by atoms with van der Waals surface area (Å²) in [5, 5.41) is 2.94. The van der Waals surface area contributed by atoms with E-state index in [0.29, 0.717) is 19.7 Å². The Labute approximate surface area is 183 Å². The lowest BCUT2D eigenvalue weighted by Gasteiger charge is -2.16. The van der Waals surface area contributed by atoms with Crippen LogP contribution >= 0.6 is 11.6 Å². The molecule has 1 fully saturated rings. The molecule has 2 aromatic rings. The standard InChI is InChI=1S/C22H27ClN2O4S/c1-2-5-17-6-8-18(9-7-17)29-15-12-24-22(26)20-16-19(10-11-21(20)23)30(27,28)25-13-3-4-14-25/h6-11,16H,2-5,12-15H2,1H3,(H,24,26). The van der Waals surface area contributed by atoms with Gasteiger partial charge in [-0.2, -0.15) is 4.31 Å². The van der Waals surface area contributed by atoms with Crippen LogP contribution in [-0.4, -0.2) is 44.9 Å². The summed E-state index contributed by atoms with van der Waals surface area (Å²) in [6, 6.07) is 12.1. The van der Waals surface area contributed by atoms with Gasteiger partial charge in [-0.05, 0) is 55.2 Å². The zero-order chi connectivity index (χ0) is 21.6. The van der Waals surface area contributed by atoms with Crippen LogP contribution in [0.1, 0.15) is 42.1 Å². The van der Waals surface area contributed by atoms with Gasteiger partial charge in [-0.3, -0.25) is 4.79 Å². The third-order valence-corrected chi connectivity index (χ3v) is 7.23. The van der Waals surface area contributed by atoms with E-state index in [2.05, 4.69) is 12.2 Å². The fourth-order valence-electron chi connectivity index (χ4n) is 3.39. The highest BCUT2D eigenvalue weighted by Crippen LogP contribution is 2.25. The molecule has 0 saturated carbocycles. The van der Waals surface area contributed by atoms with Gasteiger partial charge in [0.15, 0.2) is 0 Å². The number of ether oxygens (including phenoxy) is 1. The van der Waals surface area contributed by atoms with E-state index in [1.807, 2.05) is 24.3 Å². The summed E-state index contributed by atoms with van der Waals surface area (Å²) in [6.45, 7) is 3.71. The maximum atomic E-state index is 12.7. The molecule has 2 aromatic carbocycles. The molecule has 0 bridgehead atoms. The maximum absolute atomic E-state index is 12.7. The topological polar surface area (TPSA) is 75.7 Å². The first kappa shape index (κ1) is 22.6. The van der Waals surface area contributed by atoms with Crippen molar-refractivity contribution in [1.29, 1.82) is 0 Å². The number of halogens is 1. The average molecular weight is 451 g/mol. The zero-order valence-electron chi connectivity index (χ0n) is 17.1. The van der Waals surface area contributed by atoms with Gasteiger partial charge in [-0.15, -0.1) is 0 Å². The van der Waals surface area contributed by atoms with Gasteiger partial charge in [0.1, 0.15) is 12.4 Å². The van der Waals surface area contributed by atoms with Crippen molar-refractivity contribution in [1.82, 2.24) is 9.62 Å². The van der Waals surface area contributed by atoms with Gasteiger partial charge in [-0.1, -0.05) is 37.1 Å². The fraction of sp³-hybridized carbons (Fsp3) is 0.409. The normalized spacial score (nSPS) is 14.6. The quantitative estimate of drug-likeness (QED) is 0.588. The van der Waals surface area contributed by atoms with E-state index in [0.717, 1.165) is 31.4 Å². The number of carbonyl (C=O) groups excluding carboxylic acids is 1. The molecule has 1 aliphatic rings. The van der Waals surface area contributed by atoms with Crippen molar-refractivity contribution >= 4 is 27.5 Å². The van der Waals surface area contributed by atoms with Crippen LogP contribution in [0.2, 0.25) is 5.02 Å². The molecule has 8 heteroatoms. The number of sulfonamides is 1. The Morgan fingerprint density at radius 1 is 1.13 bits per heavy atom. The predicted molar refractivity (Wildman–Crippen MR) is 118 cm³/mol. The summed E-state index contributed by atoms with van der Waals surface area (Å²) in [5.74, 6) is 0.307. The first-order valence-electron chi connectivity index (χ1n) is 10.2. The van der Waals surface area contributed by atoms with Crippen LogP contribution in [0.5, 0.6) is 5.75 Å². The van der Waals surface area contributed by atoms with E-state index >= 15 is 0 Å². The Bertz CT molecular complexity index is 971. The molecule has 0 aliphatic carbocycles. The highest BCUT2D eigenvalue weighted by molar-refractivity contribution is 7.89. The van der Waals surface area contributed by atoms with Gasteiger partial charge in [0.05, 0.1) is 22.0 Å². The van der Waals surface area contributed by atoms with Crippen LogP contribution in [0.15, 0.2) is 47.4 Å². The van der Waals surface area contributed by atoms with Crippen molar-refractivity contribution in [3.63, 3.8) is 0 Å². The molecule has 1 heterocycles. The van der Waals surface area contributed by atoms with Crippen molar-refractivity contribution in [2.45, 2.75) is 37.5 Å². The van der Waals surface area contributed by atoms with E-state index in [1.165, 1.54) is 28.1 Å². The molecule has 1 amide bonds. The van der Waals surface area contributed by atoms with Crippen LogP contribution in [0, 0.1) is 0 Å². The summed E-state index contributed by atoms with van der Waals surface area (Å²) in [6.07, 6.45) is 3.82. The van der Waals surface area contributed by atoms with Crippen molar-refractivity contribution in [2.24, 2.45) is 0 Å². The van der Waals surface area contributed by atoms with E-state index in [-0.39, 0.29) is 22.0 Å².